The van der Waals surface area contributed by atoms with E-state index in [4.69, 9.17) is 4.74 Å². The molecule has 0 atom stereocenters. The van der Waals surface area contributed by atoms with Crippen molar-refractivity contribution in [3.63, 3.8) is 0 Å². The first-order valence-corrected chi connectivity index (χ1v) is 4.03. The van der Waals surface area contributed by atoms with E-state index in [0.717, 1.165) is 36.1 Å². The van der Waals surface area contributed by atoms with E-state index >= 15 is 0 Å². The molecule has 12 heavy (non-hydrogen) atoms. The number of nitrogens with zero attached hydrogens (tertiary/aromatic N) is 1. The molecule has 64 valence electrons. The Morgan fingerprint density at radius 3 is 2.92 bits per heavy atom. The Balaban J connectivity index is 2.57. The third-order valence-electron chi connectivity index (χ3n) is 2.28. The first-order valence-electron chi connectivity index (χ1n) is 4.03. The van der Waals surface area contributed by atoms with Gasteiger partial charge in [0.2, 0.25) is 5.95 Å². The molecule has 0 saturated carbocycles. The molecule has 0 radical (unpaired) electrons. The van der Waals surface area contributed by atoms with Gasteiger partial charge >= 0.3 is 0 Å². The monoisotopic (exact) mass is 167 g/mol. The van der Waals surface area contributed by atoms with Crippen molar-refractivity contribution in [2.75, 3.05) is 7.11 Å². The van der Waals surface area contributed by atoms with Gasteiger partial charge in [-0.1, -0.05) is 0 Å². The van der Waals surface area contributed by atoms with Crippen molar-refractivity contribution in [3.8, 4) is 5.75 Å². The molecule has 1 aromatic rings. The van der Waals surface area contributed by atoms with Crippen molar-refractivity contribution in [2.24, 2.45) is 0 Å². The van der Waals surface area contributed by atoms with Gasteiger partial charge in [0.05, 0.1) is 13.3 Å². The number of halogens is 1. The second-order valence-corrected chi connectivity index (χ2v) is 2.93. The molecule has 1 aliphatic carbocycles. The van der Waals surface area contributed by atoms with Crippen LogP contribution in [0.2, 0.25) is 0 Å². The highest BCUT2D eigenvalue weighted by Gasteiger charge is 2.19. The fourth-order valence-electron chi connectivity index (χ4n) is 1.69. The highest BCUT2D eigenvalue weighted by Crippen LogP contribution is 2.30. The molecule has 1 heterocycles. The molecule has 0 aliphatic heterocycles. The number of hydrogen-bond acceptors (Lipinski definition) is 2. The van der Waals surface area contributed by atoms with E-state index < -0.39 is 0 Å². The van der Waals surface area contributed by atoms with Gasteiger partial charge in [0.1, 0.15) is 5.75 Å². The van der Waals surface area contributed by atoms with Gasteiger partial charge in [0, 0.05) is 11.1 Å². The quantitative estimate of drug-likeness (QED) is 0.594. The Kier molecular flexibility index (Phi) is 1.71. The molecule has 3 heteroatoms. The number of pyridine rings is 1. The first-order chi connectivity index (χ1) is 5.83. The molecular formula is C9H10FNO. The average molecular weight is 167 g/mol. The number of methoxy groups -OCH3 is 1. The van der Waals surface area contributed by atoms with Gasteiger partial charge in [0.15, 0.2) is 0 Å². The molecule has 0 aromatic carbocycles. The summed E-state index contributed by atoms with van der Waals surface area (Å²) in [6.07, 6.45) is 4.18. The van der Waals surface area contributed by atoms with Crippen molar-refractivity contribution in [3.05, 3.63) is 23.3 Å². The summed E-state index contributed by atoms with van der Waals surface area (Å²) in [5, 5.41) is 0. The first kappa shape index (κ1) is 7.53. The maximum atomic E-state index is 13.0. The van der Waals surface area contributed by atoms with Gasteiger partial charge in [-0.15, -0.1) is 0 Å². The summed E-state index contributed by atoms with van der Waals surface area (Å²) in [5.74, 6) is 0.396. The van der Waals surface area contributed by atoms with E-state index in [9.17, 15) is 4.39 Å². The predicted octanol–water partition coefficient (Wildman–Crippen LogP) is 1.72. The fourth-order valence-corrected chi connectivity index (χ4v) is 1.69. The van der Waals surface area contributed by atoms with Gasteiger partial charge in [-0.25, -0.2) is 4.98 Å². The van der Waals surface area contributed by atoms with Gasteiger partial charge in [-0.2, -0.15) is 4.39 Å². The lowest BCUT2D eigenvalue weighted by atomic mass is 10.2. The van der Waals surface area contributed by atoms with Crippen molar-refractivity contribution in [2.45, 2.75) is 19.3 Å². The second-order valence-electron chi connectivity index (χ2n) is 2.93. The summed E-state index contributed by atoms with van der Waals surface area (Å²) in [5.41, 5.74) is 1.75. The molecule has 0 amide bonds. The Morgan fingerprint density at radius 2 is 2.17 bits per heavy atom. The Bertz CT molecular complexity index is 312. The molecule has 0 bridgehead atoms. The molecule has 1 aliphatic rings. The van der Waals surface area contributed by atoms with Crippen LogP contribution in [0.3, 0.4) is 0 Å². The number of ether oxygens (including phenoxy) is 1. The highest BCUT2D eigenvalue weighted by molar-refractivity contribution is 5.40. The molecule has 0 N–H and O–H groups in total. The molecule has 0 saturated heterocycles. The zero-order valence-corrected chi connectivity index (χ0v) is 6.93. The van der Waals surface area contributed by atoms with Crippen LogP contribution in [0.5, 0.6) is 5.75 Å². The van der Waals surface area contributed by atoms with E-state index in [1.54, 1.807) is 7.11 Å². The van der Waals surface area contributed by atoms with E-state index in [1.165, 1.54) is 6.20 Å². The van der Waals surface area contributed by atoms with Crippen LogP contribution in [0.15, 0.2) is 6.20 Å². The summed E-state index contributed by atoms with van der Waals surface area (Å²) < 4.78 is 18.1. The van der Waals surface area contributed by atoms with Crippen molar-refractivity contribution in [1.29, 1.82) is 0 Å². The van der Waals surface area contributed by atoms with E-state index in [0.29, 0.717) is 0 Å². The predicted molar refractivity (Wildman–Crippen MR) is 42.8 cm³/mol. The largest absolute Gasteiger partial charge is 0.495 e. The van der Waals surface area contributed by atoms with Crippen LogP contribution in [-0.4, -0.2) is 12.1 Å². The summed E-state index contributed by atoms with van der Waals surface area (Å²) in [6.45, 7) is 0. The normalized spacial score (nSPS) is 14.5. The van der Waals surface area contributed by atoms with Crippen LogP contribution in [-0.2, 0) is 12.8 Å². The molecule has 1 aromatic heterocycles. The zero-order chi connectivity index (χ0) is 8.55. The Labute approximate surface area is 70.4 Å². The lowest BCUT2D eigenvalue weighted by molar-refractivity contribution is 0.405. The number of fused-ring (bicyclic) bond motifs is 1. The summed E-state index contributed by atoms with van der Waals surface area (Å²) in [4.78, 5) is 3.63. The van der Waals surface area contributed by atoms with Gasteiger partial charge in [-0.05, 0) is 19.3 Å². The summed E-state index contributed by atoms with van der Waals surface area (Å²) >= 11 is 0. The molecule has 0 fully saturated rings. The van der Waals surface area contributed by atoms with Crippen molar-refractivity contribution >= 4 is 0 Å². The van der Waals surface area contributed by atoms with Gasteiger partial charge < -0.3 is 4.74 Å². The van der Waals surface area contributed by atoms with Crippen LogP contribution in [0.1, 0.15) is 17.5 Å². The third-order valence-corrected chi connectivity index (χ3v) is 2.28. The van der Waals surface area contributed by atoms with Crippen molar-refractivity contribution in [1.82, 2.24) is 4.98 Å². The molecule has 2 rings (SSSR count). The SMILES string of the molecule is COc1cnc(F)c2c1CCC2. The molecule has 0 unspecified atom stereocenters. The smallest absolute Gasteiger partial charge is 0.216 e. The minimum atomic E-state index is -0.330. The van der Waals surface area contributed by atoms with Gasteiger partial charge in [0.25, 0.3) is 0 Å². The van der Waals surface area contributed by atoms with E-state index in [-0.39, 0.29) is 5.95 Å². The van der Waals surface area contributed by atoms with Crippen LogP contribution < -0.4 is 4.74 Å². The number of aromatic nitrogens is 1. The van der Waals surface area contributed by atoms with Crippen LogP contribution in [0.25, 0.3) is 0 Å². The lowest BCUT2D eigenvalue weighted by Gasteiger charge is -2.05. The number of rotatable bonds is 1. The minimum absolute atomic E-state index is 0.330. The summed E-state index contributed by atoms with van der Waals surface area (Å²) in [7, 11) is 1.59. The van der Waals surface area contributed by atoms with Gasteiger partial charge in [-0.3, -0.25) is 0 Å². The minimum Gasteiger partial charge on any atom is -0.495 e. The van der Waals surface area contributed by atoms with Crippen LogP contribution in [0, 0.1) is 5.95 Å². The second kappa shape index (κ2) is 2.73. The molecule has 0 spiro atoms. The zero-order valence-electron chi connectivity index (χ0n) is 6.93. The standard InChI is InChI=1S/C9H10FNO/c1-12-8-5-11-9(10)7-4-2-3-6(7)8/h5H,2-4H2,1H3. The fraction of sp³-hybridized carbons (Fsp3) is 0.444. The molecular weight excluding hydrogens is 157 g/mol. The third kappa shape index (κ3) is 0.967. The van der Waals surface area contributed by atoms with Crippen molar-refractivity contribution < 1.29 is 9.13 Å². The lowest BCUT2D eigenvalue weighted by Crippen LogP contribution is -1.96. The maximum absolute atomic E-state index is 13.0. The van der Waals surface area contributed by atoms with E-state index in [2.05, 4.69) is 4.98 Å². The van der Waals surface area contributed by atoms with E-state index in [1.807, 2.05) is 0 Å². The Morgan fingerprint density at radius 1 is 1.42 bits per heavy atom. The summed E-state index contributed by atoms with van der Waals surface area (Å²) in [6, 6.07) is 0. The topological polar surface area (TPSA) is 22.1 Å². The average Bonchev–Trinajstić information content (AvgIpc) is 2.54. The molecule has 2 nitrogen and oxygen atoms in total. The van der Waals surface area contributed by atoms with Crippen LogP contribution >= 0.6 is 0 Å². The maximum Gasteiger partial charge on any atom is 0.216 e. The number of hydrogen-bond donors (Lipinski definition) is 0. The Hall–Kier alpha value is -1.12. The highest BCUT2D eigenvalue weighted by atomic mass is 19.1. The van der Waals surface area contributed by atoms with Crippen LogP contribution in [0.4, 0.5) is 4.39 Å².